The molecule has 4 N–H and O–H groups in total. The standard InChI is InChI=1S/C11H22N2O2/c1-3-10(2,6-12)9(15)13-7-11(8-14)4-5-11/h14H,3-8,12H2,1-2H3,(H,13,15). The van der Waals surface area contributed by atoms with Crippen molar-refractivity contribution < 1.29 is 9.90 Å². The Balaban J connectivity index is 2.41. The number of nitrogens with two attached hydrogens (primary N) is 1. The highest BCUT2D eigenvalue weighted by atomic mass is 16.3. The van der Waals surface area contributed by atoms with E-state index in [-0.39, 0.29) is 17.9 Å². The molecule has 1 atom stereocenters. The Labute approximate surface area is 91.2 Å². The van der Waals surface area contributed by atoms with E-state index in [9.17, 15) is 4.79 Å². The first kappa shape index (κ1) is 12.5. The van der Waals surface area contributed by atoms with E-state index in [4.69, 9.17) is 10.8 Å². The van der Waals surface area contributed by atoms with Crippen LogP contribution >= 0.6 is 0 Å². The molecule has 0 aromatic carbocycles. The molecule has 1 amide bonds. The summed E-state index contributed by atoms with van der Waals surface area (Å²) in [6.07, 6.45) is 2.76. The van der Waals surface area contributed by atoms with Crippen molar-refractivity contribution in [2.24, 2.45) is 16.6 Å². The lowest BCUT2D eigenvalue weighted by molar-refractivity contribution is -0.130. The highest BCUT2D eigenvalue weighted by Gasteiger charge is 2.43. The monoisotopic (exact) mass is 214 g/mol. The molecule has 1 aliphatic carbocycles. The first-order valence-corrected chi connectivity index (χ1v) is 5.61. The van der Waals surface area contributed by atoms with Crippen molar-refractivity contribution in [3.8, 4) is 0 Å². The Morgan fingerprint density at radius 2 is 2.20 bits per heavy atom. The molecule has 1 unspecified atom stereocenters. The number of hydrogen-bond donors (Lipinski definition) is 3. The zero-order valence-corrected chi connectivity index (χ0v) is 9.68. The molecule has 1 aliphatic rings. The quantitative estimate of drug-likeness (QED) is 0.593. The topological polar surface area (TPSA) is 75.4 Å². The van der Waals surface area contributed by atoms with Gasteiger partial charge >= 0.3 is 0 Å². The maximum Gasteiger partial charge on any atom is 0.227 e. The molecule has 15 heavy (non-hydrogen) atoms. The summed E-state index contributed by atoms with van der Waals surface area (Å²) in [5.74, 6) is 0.00669. The highest BCUT2D eigenvalue weighted by molar-refractivity contribution is 5.82. The van der Waals surface area contributed by atoms with E-state index in [2.05, 4.69) is 5.32 Å². The molecule has 0 aromatic heterocycles. The van der Waals surface area contributed by atoms with Crippen molar-refractivity contribution in [2.45, 2.75) is 33.1 Å². The Hall–Kier alpha value is -0.610. The largest absolute Gasteiger partial charge is 0.396 e. The number of carbonyl (C=O) groups excluding carboxylic acids is 1. The smallest absolute Gasteiger partial charge is 0.227 e. The lowest BCUT2D eigenvalue weighted by Crippen LogP contribution is -2.45. The van der Waals surface area contributed by atoms with Crippen molar-refractivity contribution >= 4 is 5.91 Å². The van der Waals surface area contributed by atoms with Crippen LogP contribution in [0.4, 0.5) is 0 Å². The normalized spacial score (nSPS) is 21.9. The molecule has 1 fully saturated rings. The van der Waals surface area contributed by atoms with E-state index in [1.165, 1.54) is 0 Å². The van der Waals surface area contributed by atoms with Gasteiger partial charge in [-0.15, -0.1) is 0 Å². The molecule has 0 radical (unpaired) electrons. The summed E-state index contributed by atoms with van der Waals surface area (Å²) in [6.45, 7) is 4.95. The van der Waals surface area contributed by atoms with Gasteiger partial charge in [-0.25, -0.2) is 0 Å². The average Bonchev–Trinajstić information content (AvgIpc) is 3.05. The molecule has 0 aromatic rings. The number of carbonyl (C=O) groups is 1. The van der Waals surface area contributed by atoms with E-state index in [1.54, 1.807) is 0 Å². The Morgan fingerprint density at radius 1 is 1.60 bits per heavy atom. The van der Waals surface area contributed by atoms with E-state index in [0.29, 0.717) is 13.1 Å². The van der Waals surface area contributed by atoms with E-state index in [1.807, 2.05) is 13.8 Å². The van der Waals surface area contributed by atoms with Crippen LogP contribution in [0.5, 0.6) is 0 Å². The summed E-state index contributed by atoms with van der Waals surface area (Å²) < 4.78 is 0. The summed E-state index contributed by atoms with van der Waals surface area (Å²) in [5.41, 5.74) is 5.10. The number of nitrogens with one attached hydrogen (secondary N) is 1. The summed E-state index contributed by atoms with van der Waals surface area (Å²) in [4.78, 5) is 11.8. The Morgan fingerprint density at radius 3 is 2.53 bits per heavy atom. The second kappa shape index (κ2) is 4.49. The van der Waals surface area contributed by atoms with Crippen molar-refractivity contribution in [1.82, 2.24) is 5.32 Å². The lowest BCUT2D eigenvalue weighted by Gasteiger charge is -2.26. The Bertz CT molecular complexity index is 233. The zero-order valence-electron chi connectivity index (χ0n) is 9.68. The number of aliphatic hydroxyl groups is 1. The fourth-order valence-electron chi connectivity index (χ4n) is 1.45. The van der Waals surface area contributed by atoms with Crippen LogP contribution in [0.25, 0.3) is 0 Å². The predicted octanol–water partition coefficient (Wildman–Crippen LogP) is 0.250. The van der Waals surface area contributed by atoms with E-state index in [0.717, 1.165) is 19.3 Å². The van der Waals surface area contributed by atoms with Crippen LogP contribution in [0.15, 0.2) is 0 Å². The first-order valence-electron chi connectivity index (χ1n) is 5.61. The van der Waals surface area contributed by atoms with Crippen LogP contribution in [-0.2, 0) is 4.79 Å². The third kappa shape index (κ3) is 2.69. The van der Waals surface area contributed by atoms with Gasteiger partial charge < -0.3 is 16.2 Å². The molecule has 0 bridgehead atoms. The summed E-state index contributed by atoms with van der Waals surface area (Å²) in [7, 11) is 0. The molecule has 0 heterocycles. The molecular weight excluding hydrogens is 192 g/mol. The van der Waals surface area contributed by atoms with Gasteiger partial charge in [-0.1, -0.05) is 6.92 Å². The molecule has 0 spiro atoms. The van der Waals surface area contributed by atoms with Gasteiger partial charge in [0.05, 0.1) is 12.0 Å². The zero-order chi connectivity index (χ0) is 11.5. The van der Waals surface area contributed by atoms with Crippen LogP contribution < -0.4 is 11.1 Å². The maximum atomic E-state index is 11.8. The van der Waals surface area contributed by atoms with Crippen LogP contribution in [-0.4, -0.2) is 30.7 Å². The lowest BCUT2D eigenvalue weighted by atomic mass is 9.86. The molecule has 1 saturated carbocycles. The van der Waals surface area contributed by atoms with E-state index >= 15 is 0 Å². The van der Waals surface area contributed by atoms with Gasteiger partial charge in [0.15, 0.2) is 0 Å². The van der Waals surface area contributed by atoms with Crippen molar-refractivity contribution in [3.05, 3.63) is 0 Å². The highest BCUT2D eigenvalue weighted by Crippen LogP contribution is 2.44. The fraction of sp³-hybridized carbons (Fsp3) is 0.909. The predicted molar refractivity (Wildman–Crippen MR) is 59.2 cm³/mol. The van der Waals surface area contributed by atoms with Gasteiger partial charge in [0.2, 0.25) is 5.91 Å². The van der Waals surface area contributed by atoms with Gasteiger partial charge in [-0.3, -0.25) is 4.79 Å². The maximum absolute atomic E-state index is 11.8. The molecular formula is C11H22N2O2. The number of hydrogen-bond acceptors (Lipinski definition) is 3. The summed E-state index contributed by atoms with van der Waals surface area (Å²) >= 11 is 0. The molecule has 88 valence electrons. The van der Waals surface area contributed by atoms with Crippen LogP contribution in [0.3, 0.4) is 0 Å². The van der Waals surface area contributed by atoms with Crippen LogP contribution in [0.2, 0.25) is 0 Å². The Kier molecular flexibility index (Phi) is 3.73. The summed E-state index contributed by atoms with van der Waals surface area (Å²) in [6, 6.07) is 0. The molecule has 4 nitrogen and oxygen atoms in total. The van der Waals surface area contributed by atoms with Gasteiger partial charge in [0.25, 0.3) is 0 Å². The minimum Gasteiger partial charge on any atom is -0.396 e. The minimum atomic E-state index is -0.467. The molecule has 1 rings (SSSR count). The number of aliphatic hydroxyl groups excluding tert-OH is 1. The number of rotatable bonds is 6. The van der Waals surface area contributed by atoms with Crippen LogP contribution in [0.1, 0.15) is 33.1 Å². The van der Waals surface area contributed by atoms with E-state index < -0.39 is 5.41 Å². The second-order valence-electron chi connectivity index (χ2n) is 4.96. The van der Waals surface area contributed by atoms with Crippen molar-refractivity contribution in [3.63, 3.8) is 0 Å². The number of amides is 1. The SMILES string of the molecule is CCC(C)(CN)C(=O)NCC1(CO)CC1. The molecule has 4 heteroatoms. The van der Waals surface area contributed by atoms with Crippen molar-refractivity contribution in [1.29, 1.82) is 0 Å². The average molecular weight is 214 g/mol. The summed E-state index contributed by atoms with van der Waals surface area (Å²) in [5, 5.41) is 12.0. The van der Waals surface area contributed by atoms with Gasteiger partial charge in [-0.2, -0.15) is 0 Å². The molecule has 0 aliphatic heterocycles. The van der Waals surface area contributed by atoms with Crippen LogP contribution in [0, 0.1) is 10.8 Å². The first-order chi connectivity index (χ1) is 7.02. The second-order valence-corrected chi connectivity index (χ2v) is 4.96. The van der Waals surface area contributed by atoms with Gasteiger partial charge in [-0.05, 0) is 26.2 Å². The molecule has 0 saturated heterocycles. The minimum absolute atomic E-state index is 0.00669. The van der Waals surface area contributed by atoms with Gasteiger partial charge in [0.1, 0.15) is 0 Å². The van der Waals surface area contributed by atoms with Gasteiger partial charge in [0, 0.05) is 18.5 Å². The third-order valence-electron chi connectivity index (χ3n) is 3.70. The van der Waals surface area contributed by atoms with Crippen molar-refractivity contribution in [2.75, 3.05) is 19.7 Å². The fourth-order valence-corrected chi connectivity index (χ4v) is 1.45. The third-order valence-corrected chi connectivity index (χ3v) is 3.70.